The lowest BCUT2D eigenvalue weighted by Crippen LogP contribution is -2.12. The summed E-state index contributed by atoms with van der Waals surface area (Å²) in [7, 11) is 0. The Bertz CT molecular complexity index is 431. The van der Waals surface area contributed by atoms with Gasteiger partial charge in [-0.1, -0.05) is 28.1 Å². The fourth-order valence-corrected chi connectivity index (χ4v) is 1.86. The van der Waals surface area contributed by atoms with Crippen molar-refractivity contribution in [3.05, 3.63) is 38.9 Å². The highest BCUT2D eigenvalue weighted by Gasteiger charge is 2.41. The average Bonchev–Trinajstić information content (AvgIpc) is 2.15. The first-order valence-electron chi connectivity index (χ1n) is 4.19. The summed E-state index contributed by atoms with van der Waals surface area (Å²) in [5, 5.41) is 10.7. The zero-order chi connectivity index (χ0) is 12.5. The van der Waals surface area contributed by atoms with Gasteiger partial charge in [0.25, 0.3) is 5.69 Å². The van der Waals surface area contributed by atoms with E-state index in [1.54, 1.807) is 0 Å². The summed E-state index contributed by atoms with van der Waals surface area (Å²) in [4.78, 5) is 9.69. The predicted molar refractivity (Wildman–Crippen MR) is 55.5 cm³/mol. The molecule has 0 aliphatic rings. The van der Waals surface area contributed by atoms with Crippen molar-refractivity contribution in [2.75, 3.05) is 0 Å². The van der Waals surface area contributed by atoms with Gasteiger partial charge in [-0.2, -0.15) is 13.2 Å². The maximum atomic E-state index is 12.7. The monoisotopic (exact) mass is 297 g/mol. The minimum Gasteiger partial charge on any atom is -0.258 e. The first-order chi connectivity index (χ1) is 7.29. The molecule has 0 saturated carbocycles. The Kier molecular flexibility index (Phi) is 3.57. The second-order valence-electron chi connectivity index (χ2n) is 3.15. The average molecular weight is 298 g/mol. The number of aryl methyl sites for hydroxylation is 1. The van der Waals surface area contributed by atoms with Crippen molar-refractivity contribution in [2.24, 2.45) is 0 Å². The molecule has 0 heterocycles. The van der Waals surface area contributed by atoms with E-state index >= 15 is 0 Å². The van der Waals surface area contributed by atoms with Gasteiger partial charge in [-0.3, -0.25) is 10.1 Å². The Morgan fingerprint density at radius 2 is 2.00 bits per heavy atom. The van der Waals surface area contributed by atoms with Crippen LogP contribution in [0.4, 0.5) is 18.9 Å². The first-order valence-corrected chi connectivity index (χ1v) is 5.31. The molecule has 0 N–H and O–H groups in total. The van der Waals surface area contributed by atoms with Crippen LogP contribution in [-0.4, -0.2) is 4.92 Å². The third kappa shape index (κ3) is 2.34. The summed E-state index contributed by atoms with van der Waals surface area (Å²) < 4.78 is 38.0. The number of hydrogen-bond donors (Lipinski definition) is 0. The summed E-state index contributed by atoms with van der Waals surface area (Å²) in [6.07, 6.45) is -4.72. The minimum absolute atomic E-state index is 0.00662. The standard InChI is InChI=1S/C9H7BrF3NO2/c1-5-2-3-6(4-10)8(14(15)16)7(5)9(11,12)13/h2-3H,4H2,1H3. The van der Waals surface area contributed by atoms with E-state index < -0.39 is 22.4 Å². The lowest BCUT2D eigenvalue weighted by molar-refractivity contribution is -0.388. The zero-order valence-electron chi connectivity index (χ0n) is 8.14. The summed E-state index contributed by atoms with van der Waals surface area (Å²) >= 11 is 2.93. The molecule has 0 atom stereocenters. The third-order valence-corrected chi connectivity index (χ3v) is 2.68. The molecule has 1 aromatic rings. The molecule has 7 heteroatoms. The van der Waals surface area contributed by atoms with Crippen LogP contribution in [0.15, 0.2) is 12.1 Å². The van der Waals surface area contributed by atoms with Gasteiger partial charge >= 0.3 is 6.18 Å². The molecule has 0 spiro atoms. The number of nitro benzene ring substituents is 1. The Balaban J connectivity index is 3.62. The highest BCUT2D eigenvalue weighted by atomic mass is 79.9. The van der Waals surface area contributed by atoms with E-state index in [1.165, 1.54) is 19.1 Å². The van der Waals surface area contributed by atoms with Crippen LogP contribution in [0.1, 0.15) is 16.7 Å². The smallest absolute Gasteiger partial charge is 0.258 e. The van der Waals surface area contributed by atoms with Gasteiger partial charge in [0.05, 0.1) is 4.92 Å². The summed E-state index contributed by atoms with van der Waals surface area (Å²) in [5.74, 6) is 0. The second kappa shape index (κ2) is 4.40. The summed E-state index contributed by atoms with van der Waals surface area (Å²) in [6, 6.07) is 2.55. The fraction of sp³-hybridized carbons (Fsp3) is 0.333. The van der Waals surface area contributed by atoms with E-state index in [9.17, 15) is 23.3 Å². The topological polar surface area (TPSA) is 43.1 Å². The number of rotatable bonds is 2. The molecule has 0 saturated heterocycles. The molecule has 0 unspecified atom stereocenters. The van der Waals surface area contributed by atoms with E-state index in [0.717, 1.165) is 0 Å². The molecule has 88 valence electrons. The van der Waals surface area contributed by atoms with E-state index in [2.05, 4.69) is 15.9 Å². The lowest BCUT2D eigenvalue weighted by atomic mass is 10.0. The molecule has 0 amide bonds. The molecule has 16 heavy (non-hydrogen) atoms. The van der Waals surface area contributed by atoms with Crippen molar-refractivity contribution in [2.45, 2.75) is 18.4 Å². The Morgan fingerprint density at radius 3 is 2.38 bits per heavy atom. The molecule has 0 aliphatic carbocycles. The highest BCUT2D eigenvalue weighted by Crippen LogP contribution is 2.40. The SMILES string of the molecule is Cc1ccc(CBr)c([N+](=O)[O-])c1C(F)(F)F. The van der Waals surface area contributed by atoms with Crippen LogP contribution in [-0.2, 0) is 11.5 Å². The summed E-state index contributed by atoms with van der Waals surface area (Å²) in [5.41, 5.74) is -2.18. The normalized spacial score (nSPS) is 11.6. The van der Waals surface area contributed by atoms with Gasteiger partial charge in [0, 0.05) is 10.9 Å². The van der Waals surface area contributed by atoms with Crippen LogP contribution >= 0.6 is 15.9 Å². The van der Waals surface area contributed by atoms with Crippen molar-refractivity contribution in [3.8, 4) is 0 Å². The van der Waals surface area contributed by atoms with Gasteiger partial charge in [0.2, 0.25) is 0 Å². The number of alkyl halides is 4. The van der Waals surface area contributed by atoms with E-state index in [-0.39, 0.29) is 16.5 Å². The number of nitro groups is 1. The van der Waals surface area contributed by atoms with E-state index in [0.29, 0.717) is 0 Å². The second-order valence-corrected chi connectivity index (χ2v) is 3.71. The van der Waals surface area contributed by atoms with Gasteiger partial charge in [-0.05, 0) is 12.5 Å². The van der Waals surface area contributed by atoms with Gasteiger partial charge in [-0.25, -0.2) is 0 Å². The molecule has 0 aliphatic heterocycles. The largest absolute Gasteiger partial charge is 0.423 e. The van der Waals surface area contributed by atoms with E-state index in [4.69, 9.17) is 0 Å². The van der Waals surface area contributed by atoms with Gasteiger partial charge in [0.1, 0.15) is 5.56 Å². The lowest BCUT2D eigenvalue weighted by Gasteiger charge is -2.12. The molecule has 1 aromatic carbocycles. The maximum absolute atomic E-state index is 12.7. The van der Waals surface area contributed by atoms with Gasteiger partial charge in [-0.15, -0.1) is 0 Å². The Morgan fingerprint density at radius 1 is 1.44 bits per heavy atom. The van der Waals surface area contributed by atoms with Crippen molar-refractivity contribution < 1.29 is 18.1 Å². The van der Waals surface area contributed by atoms with Crippen LogP contribution in [0, 0.1) is 17.0 Å². The minimum atomic E-state index is -4.72. The molecule has 0 radical (unpaired) electrons. The Hall–Kier alpha value is -1.11. The molecule has 0 aromatic heterocycles. The molecule has 0 fully saturated rings. The predicted octanol–water partition coefficient (Wildman–Crippen LogP) is 3.82. The molecule has 0 bridgehead atoms. The molecular formula is C9H7BrF3NO2. The zero-order valence-corrected chi connectivity index (χ0v) is 9.72. The van der Waals surface area contributed by atoms with Gasteiger partial charge < -0.3 is 0 Å². The van der Waals surface area contributed by atoms with Crippen LogP contribution in [0.2, 0.25) is 0 Å². The maximum Gasteiger partial charge on any atom is 0.423 e. The number of hydrogen-bond acceptors (Lipinski definition) is 2. The quantitative estimate of drug-likeness (QED) is 0.473. The van der Waals surface area contributed by atoms with Crippen LogP contribution in [0.3, 0.4) is 0 Å². The van der Waals surface area contributed by atoms with Crippen LogP contribution in [0.25, 0.3) is 0 Å². The third-order valence-electron chi connectivity index (χ3n) is 2.08. The number of halogens is 4. The van der Waals surface area contributed by atoms with E-state index in [1.807, 2.05) is 0 Å². The molecule has 1 rings (SSSR count). The summed E-state index contributed by atoms with van der Waals surface area (Å²) in [6.45, 7) is 1.20. The van der Waals surface area contributed by atoms with Crippen molar-refractivity contribution in [1.29, 1.82) is 0 Å². The van der Waals surface area contributed by atoms with Crippen LogP contribution in [0.5, 0.6) is 0 Å². The number of benzene rings is 1. The van der Waals surface area contributed by atoms with Crippen molar-refractivity contribution >= 4 is 21.6 Å². The van der Waals surface area contributed by atoms with Crippen molar-refractivity contribution in [3.63, 3.8) is 0 Å². The van der Waals surface area contributed by atoms with Crippen LogP contribution < -0.4 is 0 Å². The molecule has 3 nitrogen and oxygen atoms in total. The van der Waals surface area contributed by atoms with Gasteiger partial charge in [0.15, 0.2) is 0 Å². The fourth-order valence-electron chi connectivity index (χ4n) is 1.41. The Labute approximate surface area is 97.5 Å². The highest BCUT2D eigenvalue weighted by molar-refractivity contribution is 9.08. The van der Waals surface area contributed by atoms with Crippen molar-refractivity contribution in [1.82, 2.24) is 0 Å². The molecular weight excluding hydrogens is 291 g/mol. The number of nitrogens with zero attached hydrogens (tertiary/aromatic N) is 1. The first kappa shape index (κ1) is 13.0.